The summed E-state index contributed by atoms with van der Waals surface area (Å²) in [6, 6.07) is 14.3. The van der Waals surface area contributed by atoms with Crippen LogP contribution in [0.2, 0.25) is 0 Å². The molecule has 0 radical (unpaired) electrons. The predicted molar refractivity (Wildman–Crippen MR) is 95.9 cm³/mol. The molecular formula is C18H22N2O3S. The van der Waals surface area contributed by atoms with Crippen molar-refractivity contribution in [2.75, 3.05) is 24.6 Å². The Hall–Kier alpha value is -2.08. The molecule has 1 aliphatic heterocycles. The van der Waals surface area contributed by atoms with E-state index in [1.54, 1.807) is 4.90 Å². The lowest BCUT2D eigenvalue weighted by Gasteiger charge is -2.28. The second-order valence-corrected chi connectivity index (χ2v) is 8.68. The molecule has 2 amide bonds. The minimum absolute atomic E-state index is 0.0165. The van der Waals surface area contributed by atoms with Gasteiger partial charge in [-0.2, -0.15) is 0 Å². The molecule has 0 saturated carbocycles. The highest BCUT2D eigenvalue weighted by molar-refractivity contribution is 7.91. The third-order valence-corrected chi connectivity index (χ3v) is 5.97. The van der Waals surface area contributed by atoms with E-state index in [0.29, 0.717) is 0 Å². The number of sulfone groups is 1. The first-order valence-corrected chi connectivity index (χ1v) is 9.99. The molecule has 3 rings (SSSR count). The van der Waals surface area contributed by atoms with Gasteiger partial charge in [0.25, 0.3) is 0 Å². The Morgan fingerprint density at radius 1 is 1.12 bits per heavy atom. The molecule has 1 fully saturated rings. The topological polar surface area (TPSA) is 66.5 Å². The van der Waals surface area contributed by atoms with Crippen molar-refractivity contribution in [1.29, 1.82) is 0 Å². The van der Waals surface area contributed by atoms with E-state index in [4.69, 9.17) is 0 Å². The third kappa shape index (κ3) is 4.06. The minimum atomic E-state index is -2.97. The van der Waals surface area contributed by atoms with Crippen molar-refractivity contribution in [2.24, 2.45) is 0 Å². The quantitative estimate of drug-likeness (QED) is 0.927. The first kappa shape index (κ1) is 16.8. The van der Waals surface area contributed by atoms with Gasteiger partial charge in [0.1, 0.15) is 0 Å². The predicted octanol–water partition coefficient (Wildman–Crippen LogP) is 2.21. The van der Waals surface area contributed by atoms with Crippen LogP contribution in [-0.4, -0.2) is 50.0 Å². The Kier molecular flexibility index (Phi) is 4.76. The Morgan fingerprint density at radius 2 is 1.79 bits per heavy atom. The van der Waals surface area contributed by atoms with Gasteiger partial charge < -0.3 is 10.2 Å². The molecule has 1 heterocycles. The summed E-state index contributed by atoms with van der Waals surface area (Å²) < 4.78 is 22.9. The largest absolute Gasteiger partial charge is 0.335 e. The number of nitrogens with one attached hydrogen (secondary N) is 1. The molecule has 128 valence electrons. The van der Waals surface area contributed by atoms with E-state index >= 15 is 0 Å². The fraction of sp³-hybridized carbons (Fsp3) is 0.389. The molecule has 1 aliphatic rings. The summed E-state index contributed by atoms with van der Waals surface area (Å²) in [6.45, 7) is 2.52. The molecule has 24 heavy (non-hydrogen) atoms. The lowest BCUT2D eigenvalue weighted by atomic mass is 10.0. The first-order valence-electron chi connectivity index (χ1n) is 8.16. The zero-order chi connectivity index (χ0) is 17.2. The molecule has 2 aromatic carbocycles. The smallest absolute Gasteiger partial charge is 0.317 e. The maximum Gasteiger partial charge on any atom is 0.317 e. The summed E-state index contributed by atoms with van der Waals surface area (Å²) in [5.41, 5.74) is 1.17. The zero-order valence-corrected chi connectivity index (χ0v) is 14.6. The molecule has 1 atom stereocenters. The van der Waals surface area contributed by atoms with Crippen molar-refractivity contribution >= 4 is 26.6 Å². The Balaban J connectivity index is 1.58. The van der Waals surface area contributed by atoms with Crippen LogP contribution in [0.3, 0.4) is 0 Å². The molecule has 6 heteroatoms. The number of fused-ring (bicyclic) bond motifs is 1. The first-order chi connectivity index (χ1) is 11.4. The summed E-state index contributed by atoms with van der Waals surface area (Å²) in [5.74, 6) is 0.110. The minimum Gasteiger partial charge on any atom is -0.335 e. The van der Waals surface area contributed by atoms with Gasteiger partial charge in [-0.05, 0) is 29.7 Å². The Bertz CT molecular complexity index is 834. The monoisotopic (exact) mass is 346 g/mol. The van der Waals surface area contributed by atoms with E-state index in [9.17, 15) is 13.2 Å². The van der Waals surface area contributed by atoms with Crippen LogP contribution in [0.15, 0.2) is 42.5 Å². The van der Waals surface area contributed by atoms with Crippen molar-refractivity contribution in [3.8, 4) is 0 Å². The molecule has 2 aromatic rings. The molecular weight excluding hydrogens is 324 g/mol. The van der Waals surface area contributed by atoms with Crippen LogP contribution in [0.4, 0.5) is 4.79 Å². The van der Waals surface area contributed by atoms with Gasteiger partial charge >= 0.3 is 6.03 Å². The van der Waals surface area contributed by atoms with E-state index in [1.165, 1.54) is 16.3 Å². The van der Waals surface area contributed by atoms with Gasteiger partial charge in [-0.25, -0.2) is 13.2 Å². The summed E-state index contributed by atoms with van der Waals surface area (Å²) in [4.78, 5) is 13.8. The zero-order valence-electron chi connectivity index (χ0n) is 13.7. The highest BCUT2D eigenvalue weighted by atomic mass is 32.2. The molecule has 1 saturated heterocycles. The number of hydrogen-bond donors (Lipinski definition) is 1. The van der Waals surface area contributed by atoms with Crippen LogP contribution in [0.1, 0.15) is 12.5 Å². The highest BCUT2D eigenvalue weighted by Crippen LogP contribution is 2.16. The fourth-order valence-corrected chi connectivity index (χ4v) is 4.19. The Morgan fingerprint density at radius 3 is 2.50 bits per heavy atom. The van der Waals surface area contributed by atoms with Crippen LogP contribution in [0, 0.1) is 0 Å². The number of urea groups is 1. The number of rotatable bonds is 3. The molecule has 0 aliphatic carbocycles. The molecule has 1 unspecified atom stereocenters. The van der Waals surface area contributed by atoms with Crippen LogP contribution in [0.25, 0.3) is 10.8 Å². The average molecular weight is 346 g/mol. The van der Waals surface area contributed by atoms with Gasteiger partial charge in [-0.1, -0.05) is 42.5 Å². The van der Waals surface area contributed by atoms with E-state index in [1.807, 2.05) is 19.1 Å². The van der Waals surface area contributed by atoms with Gasteiger partial charge in [-0.3, -0.25) is 0 Å². The van der Waals surface area contributed by atoms with Crippen molar-refractivity contribution in [1.82, 2.24) is 10.2 Å². The second kappa shape index (κ2) is 6.81. The van der Waals surface area contributed by atoms with Crippen LogP contribution >= 0.6 is 0 Å². The number of hydrogen-bond acceptors (Lipinski definition) is 3. The maximum absolute atomic E-state index is 12.2. The SMILES string of the molecule is CC(Cc1ccc2ccccc2c1)NC(=O)N1CCS(=O)(=O)CC1. The molecule has 0 aromatic heterocycles. The van der Waals surface area contributed by atoms with Crippen molar-refractivity contribution in [3.63, 3.8) is 0 Å². The standard InChI is InChI=1S/C18H22N2O3S/c1-14(19-18(21)20-8-10-24(22,23)11-9-20)12-15-6-7-16-4-2-3-5-17(16)13-15/h2-7,13-14H,8-12H2,1H3,(H,19,21). The normalized spacial score (nSPS) is 18.3. The number of carbonyl (C=O) groups is 1. The van der Waals surface area contributed by atoms with E-state index in [0.717, 1.165) is 6.42 Å². The maximum atomic E-state index is 12.2. The molecule has 0 bridgehead atoms. The lowest BCUT2D eigenvalue weighted by molar-refractivity contribution is 0.199. The van der Waals surface area contributed by atoms with Crippen molar-refractivity contribution < 1.29 is 13.2 Å². The molecule has 1 N–H and O–H groups in total. The van der Waals surface area contributed by atoms with Crippen molar-refractivity contribution in [2.45, 2.75) is 19.4 Å². The molecule has 5 nitrogen and oxygen atoms in total. The van der Waals surface area contributed by atoms with Gasteiger partial charge in [-0.15, -0.1) is 0 Å². The molecule has 0 spiro atoms. The summed E-state index contributed by atoms with van der Waals surface area (Å²) in [7, 11) is -2.97. The lowest BCUT2D eigenvalue weighted by Crippen LogP contribution is -2.50. The second-order valence-electron chi connectivity index (χ2n) is 6.38. The third-order valence-electron chi connectivity index (χ3n) is 4.36. The number of benzene rings is 2. The van der Waals surface area contributed by atoms with E-state index in [-0.39, 0.29) is 36.7 Å². The average Bonchev–Trinajstić information content (AvgIpc) is 2.54. The Labute approximate surface area is 142 Å². The van der Waals surface area contributed by atoms with Gasteiger partial charge in [0.2, 0.25) is 0 Å². The number of carbonyl (C=O) groups excluding carboxylic acids is 1. The number of nitrogens with zero attached hydrogens (tertiary/aromatic N) is 1. The summed E-state index contributed by atoms with van der Waals surface area (Å²) >= 11 is 0. The fourth-order valence-electron chi connectivity index (χ4n) is 2.99. The summed E-state index contributed by atoms with van der Waals surface area (Å²) in [5, 5.41) is 5.36. The number of amides is 2. The van der Waals surface area contributed by atoms with E-state index < -0.39 is 9.84 Å². The van der Waals surface area contributed by atoms with Crippen LogP contribution < -0.4 is 5.32 Å². The van der Waals surface area contributed by atoms with Crippen LogP contribution in [0.5, 0.6) is 0 Å². The summed E-state index contributed by atoms with van der Waals surface area (Å²) in [6.07, 6.45) is 0.739. The van der Waals surface area contributed by atoms with Gasteiger partial charge in [0.05, 0.1) is 11.5 Å². The van der Waals surface area contributed by atoms with Gasteiger partial charge in [0, 0.05) is 19.1 Å². The van der Waals surface area contributed by atoms with Crippen LogP contribution in [-0.2, 0) is 16.3 Å². The van der Waals surface area contributed by atoms with Crippen molar-refractivity contribution in [3.05, 3.63) is 48.0 Å². The van der Waals surface area contributed by atoms with E-state index in [2.05, 4.69) is 35.6 Å². The highest BCUT2D eigenvalue weighted by Gasteiger charge is 2.25. The van der Waals surface area contributed by atoms with Gasteiger partial charge in [0.15, 0.2) is 9.84 Å².